The van der Waals surface area contributed by atoms with Gasteiger partial charge in [0.05, 0.1) is 11.4 Å². The molecule has 7 heteroatoms. The molecule has 0 unspecified atom stereocenters. The maximum absolute atomic E-state index is 14.0. The molecule has 3 rings (SSSR count). The Hall–Kier alpha value is -3.09. The second-order valence-corrected chi connectivity index (χ2v) is 7.05. The number of halogens is 3. The Bertz CT molecular complexity index is 953. The third-order valence-electron chi connectivity index (χ3n) is 3.58. The van der Waals surface area contributed by atoms with Crippen LogP contribution in [0.4, 0.5) is 30.6 Å². The van der Waals surface area contributed by atoms with Crippen molar-refractivity contribution in [2.24, 2.45) is 0 Å². The predicted octanol–water partition coefficient (Wildman–Crippen LogP) is 5.51. The summed E-state index contributed by atoms with van der Waals surface area (Å²) in [5.74, 6) is -3.51. The first-order valence-electron chi connectivity index (χ1n) is 8.36. The van der Waals surface area contributed by atoms with Crippen LogP contribution >= 0.6 is 0 Å². The summed E-state index contributed by atoms with van der Waals surface area (Å²) in [4.78, 5) is 8.81. The minimum Gasteiger partial charge on any atom is -0.350 e. The summed E-state index contributed by atoms with van der Waals surface area (Å²) in [5.41, 5.74) is 0.918. The van der Waals surface area contributed by atoms with Gasteiger partial charge in [0.1, 0.15) is 5.82 Å². The van der Waals surface area contributed by atoms with Gasteiger partial charge in [-0.25, -0.2) is 18.2 Å². The third kappa shape index (κ3) is 4.55. The Balaban J connectivity index is 2.04. The zero-order chi connectivity index (χ0) is 19.6. The van der Waals surface area contributed by atoms with Crippen LogP contribution in [0.15, 0.2) is 48.5 Å². The van der Waals surface area contributed by atoms with Crippen molar-refractivity contribution < 1.29 is 13.2 Å². The van der Waals surface area contributed by atoms with Gasteiger partial charge in [0, 0.05) is 17.2 Å². The first-order valence-corrected chi connectivity index (χ1v) is 8.36. The van der Waals surface area contributed by atoms with E-state index in [-0.39, 0.29) is 17.0 Å². The third-order valence-corrected chi connectivity index (χ3v) is 3.58. The fourth-order valence-corrected chi connectivity index (χ4v) is 2.42. The molecule has 0 atom stereocenters. The highest BCUT2D eigenvalue weighted by Crippen LogP contribution is 2.27. The van der Waals surface area contributed by atoms with Crippen molar-refractivity contribution in [1.29, 1.82) is 0 Å². The van der Waals surface area contributed by atoms with Gasteiger partial charge >= 0.3 is 0 Å². The SMILES string of the molecule is CC(C)(C)Nc1nc(Nc2ccc(F)c(F)c2F)cc(-c2ccccc2)n1. The van der Waals surface area contributed by atoms with Crippen LogP contribution in [0.2, 0.25) is 0 Å². The number of benzene rings is 2. The van der Waals surface area contributed by atoms with E-state index >= 15 is 0 Å². The van der Waals surface area contributed by atoms with Gasteiger partial charge in [0.25, 0.3) is 0 Å². The van der Waals surface area contributed by atoms with Gasteiger partial charge in [-0.15, -0.1) is 0 Å². The fraction of sp³-hybridized carbons (Fsp3) is 0.200. The summed E-state index contributed by atoms with van der Waals surface area (Å²) >= 11 is 0. The Morgan fingerprint density at radius 3 is 2.22 bits per heavy atom. The molecule has 0 bridgehead atoms. The topological polar surface area (TPSA) is 49.8 Å². The summed E-state index contributed by atoms with van der Waals surface area (Å²) in [7, 11) is 0. The summed E-state index contributed by atoms with van der Waals surface area (Å²) in [5, 5.41) is 5.87. The largest absolute Gasteiger partial charge is 0.350 e. The quantitative estimate of drug-likeness (QED) is 0.593. The fourth-order valence-electron chi connectivity index (χ4n) is 2.42. The number of hydrogen-bond acceptors (Lipinski definition) is 4. The van der Waals surface area contributed by atoms with E-state index in [1.807, 2.05) is 51.1 Å². The molecule has 27 heavy (non-hydrogen) atoms. The van der Waals surface area contributed by atoms with Crippen molar-refractivity contribution >= 4 is 17.5 Å². The first-order chi connectivity index (χ1) is 12.7. The molecule has 0 fully saturated rings. The van der Waals surface area contributed by atoms with E-state index < -0.39 is 17.5 Å². The molecule has 4 nitrogen and oxygen atoms in total. The molecule has 0 saturated carbocycles. The molecule has 3 aromatic rings. The number of aromatic nitrogens is 2. The molecular formula is C20H19F3N4. The molecule has 0 aliphatic rings. The zero-order valence-electron chi connectivity index (χ0n) is 15.1. The van der Waals surface area contributed by atoms with Gasteiger partial charge in [-0.3, -0.25) is 0 Å². The Morgan fingerprint density at radius 1 is 0.852 bits per heavy atom. The maximum atomic E-state index is 14.0. The molecule has 0 aliphatic heterocycles. The first kappa shape index (κ1) is 18.7. The molecule has 2 aromatic carbocycles. The highest BCUT2D eigenvalue weighted by Gasteiger charge is 2.17. The number of nitrogens with one attached hydrogen (secondary N) is 2. The average molecular weight is 372 g/mol. The zero-order valence-corrected chi connectivity index (χ0v) is 15.1. The summed E-state index contributed by atoms with van der Waals surface area (Å²) in [6.45, 7) is 5.86. The lowest BCUT2D eigenvalue weighted by atomic mass is 10.1. The molecule has 1 heterocycles. The van der Waals surface area contributed by atoms with Crippen molar-refractivity contribution in [2.75, 3.05) is 10.6 Å². The molecule has 1 aromatic heterocycles. The van der Waals surface area contributed by atoms with Crippen LogP contribution in [0.1, 0.15) is 20.8 Å². The molecule has 0 radical (unpaired) electrons. The van der Waals surface area contributed by atoms with Gasteiger partial charge in [0.2, 0.25) is 5.95 Å². The van der Waals surface area contributed by atoms with E-state index in [4.69, 9.17) is 0 Å². The van der Waals surface area contributed by atoms with Gasteiger partial charge in [0.15, 0.2) is 17.5 Å². The average Bonchev–Trinajstić information content (AvgIpc) is 2.61. The lowest BCUT2D eigenvalue weighted by Gasteiger charge is -2.21. The normalized spacial score (nSPS) is 11.3. The lowest BCUT2D eigenvalue weighted by molar-refractivity contribution is 0.449. The van der Waals surface area contributed by atoms with E-state index in [2.05, 4.69) is 20.6 Å². The van der Waals surface area contributed by atoms with Crippen molar-refractivity contribution in [1.82, 2.24) is 9.97 Å². The van der Waals surface area contributed by atoms with Crippen LogP contribution in [0.5, 0.6) is 0 Å². The van der Waals surface area contributed by atoms with Crippen molar-refractivity contribution in [2.45, 2.75) is 26.3 Å². The van der Waals surface area contributed by atoms with Crippen molar-refractivity contribution in [3.05, 3.63) is 66.0 Å². The minimum absolute atomic E-state index is 0.215. The van der Waals surface area contributed by atoms with Crippen LogP contribution in [0.25, 0.3) is 11.3 Å². The highest BCUT2D eigenvalue weighted by atomic mass is 19.2. The van der Waals surface area contributed by atoms with Crippen LogP contribution in [-0.2, 0) is 0 Å². The van der Waals surface area contributed by atoms with Crippen molar-refractivity contribution in [3.8, 4) is 11.3 Å². The van der Waals surface area contributed by atoms with Crippen LogP contribution < -0.4 is 10.6 Å². The molecular weight excluding hydrogens is 353 g/mol. The number of nitrogens with zero attached hydrogens (tertiary/aromatic N) is 2. The lowest BCUT2D eigenvalue weighted by Crippen LogP contribution is -2.27. The number of anilines is 3. The molecule has 0 amide bonds. The van der Waals surface area contributed by atoms with E-state index in [0.717, 1.165) is 17.7 Å². The minimum atomic E-state index is -1.54. The predicted molar refractivity (Wildman–Crippen MR) is 100 cm³/mol. The highest BCUT2D eigenvalue weighted by molar-refractivity contribution is 5.67. The van der Waals surface area contributed by atoms with E-state index in [1.165, 1.54) is 0 Å². The van der Waals surface area contributed by atoms with Crippen molar-refractivity contribution in [3.63, 3.8) is 0 Å². The summed E-state index contributed by atoms with van der Waals surface area (Å²) in [6, 6.07) is 13.0. The second-order valence-electron chi connectivity index (χ2n) is 7.05. The van der Waals surface area contributed by atoms with E-state index in [0.29, 0.717) is 11.6 Å². The second kappa shape index (κ2) is 7.26. The standard InChI is InChI=1S/C20H19F3N4/c1-20(2,3)27-19-25-15(12-7-5-4-6-8-12)11-16(26-19)24-14-10-9-13(21)17(22)18(14)23/h4-11H,1-3H3,(H2,24,25,26,27). The Labute approximate surface area is 155 Å². The summed E-state index contributed by atoms with van der Waals surface area (Å²) in [6.07, 6.45) is 0. The number of rotatable bonds is 4. The van der Waals surface area contributed by atoms with Crippen LogP contribution in [0, 0.1) is 17.5 Å². The molecule has 140 valence electrons. The van der Waals surface area contributed by atoms with Gasteiger partial charge in [-0.1, -0.05) is 30.3 Å². The monoisotopic (exact) mass is 372 g/mol. The van der Waals surface area contributed by atoms with E-state index in [9.17, 15) is 13.2 Å². The van der Waals surface area contributed by atoms with Crippen LogP contribution in [0.3, 0.4) is 0 Å². The number of hydrogen-bond donors (Lipinski definition) is 2. The maximum Gasteiger partial charge on any atom is 0.225 e. The molecule has 0 saturated heterocycles. The van der Waals surface area contributed by atoms with Gasteiger partial charge in [-0.2, -0.15) is 4.98 Å². The molecule has 0 spiro atoms. The molecule has 0 aliphatic carbocycles. The smallest absolute Gasteiger partial charge is 0.225 e. The van der Waals surface area contributed by atoms with E-state index in [1.54, 1.807) is 6.07 Å². The van der Waals surface area contributed by atoms with Gasteiger partial charge in [-0.05, 0) is 32.9 Å². The van der Waals surface area contributed by atoms with Gasteiger partial charge < -0.3 is 10.6 Å². The van der Waals surface area contributed by atoms with Crippen LogP contribution in [-0.4, -0.2) is 15.5 Å². The summed E-state index contributed by atoms with van der Waals surface area (Å²) < 4.78 is 40.7. The Kier molecular flexibility index (Phi) is 5.03. The Morgan fingerprint density at radius 2 is 1.56 bits per heavy atom. The molecule has 2 N–H and O–H groups in total.